The van der Waals surface area contributed by atoms with Crippen molar-refractivity contribution in [3.63, 3.8) is 0 Å². The van der Waals surface area contributed by atoms with Crippen molar-refractivity contribution >= 4 is 28.2 Å². The molecular weight excluding hydrogens is 190 g/mol. The number of hydrogen-bond acceptors (Lipinski definition) is 2. The fourth-order valence-corrected chi connectivity index (χ4v) is 1.54. The van der Waals surface area contributed by atoms with E-state index in [0.29, 0.717) is 16.3 Å². The SMILES string of the molecule is O=C1C=C(Cl)c2ccccc2[NH+]1[O-]. The molecule has 0 saturated heterocycles. The fourth-order valence-electron chi connectivity index (χ4n) is 1.28. The van der Waals surface area contributed by atoms with Gasteiger partial charge in [0, 0.05) is 6.07 Å². The Balaban J connectivity index is 2.65. The van der Waals surface area contributed by atoms with E-state index in [2.05, 4.69) is 0 Å². The molecule has 2 rings (SSSR count). The quantitative estimate of drug-likeness (QED) is 0.623. The van der Waals surface area contributed by atoms with Crippen LogP contribution in [0.4, 0.5) is 5.69 Å². The molecular formula is C9H6ClNO2. The van der Waals surface area contributed by atoms with Crippen molar-refractivity contribution in [2.24, 2.45) is 0 Å². The first-order chi connectivity index (χ1) is 6.20. The lowest BCUT2D eigenvalue weighted by Gasteiger charge is -2.23. The Hall–Kier alpha value is -1.16. The molecule has 1 unspecified atom stereocenters. The minimum absolute atomic E-state index is 0.334. The Morgan fingerprint density at radius 1 is 1.31 bits per heavy atom. The van der Waals surface area contributed by atoms with Crippen LogP contribution in [0.25, 0.3) is 5.03 Å². The molecule has 4 heteroatoms. The van der Waals surface area contributed by atoms with Crippen molar-refractivity contribution in [1.82, 2.24) is 0 Å². The Kier molecular flexibility index (Phi) is 1.92. The maximum Gasteiger partial charge on any atom is 0.343 e. The first-order valence-corrected chi connectivity index (χ1v) is 4.13. The van der Waals surface area contributed by atoms with Crippen LogP contribution in [-0.4, -0.2) is 5.91 Å². The molecule has 1 amide bonds. The van der Waals surface area contributed by atoms with Crippen molar-refractivity contribution < 1.29 is 9.86 Å². The second-order valence-electron chi connectivity index (χ2n) is 2.73. The van der Waals surface area contributed by atoms with E-state index in [4.69, 9.17) is 11.6 Å². The fraction of sp³-hybridized carbons (Fsp3) is 0. The number of quaternary nitrogens is 1. The van der Waals surface area contributed by atoms with E-state index in [1.165, 1.54) is 0 Å². The third-order valence-corrected chi connectivity index (χ3v) is 2.22. The predicted octanol–water partition coefficient (Wildman–Crippen LogP) is 0.821. The van der Waals surface area contributed by atoms with Crippen molar-refractivity contribution in [2.75, 3.05) is 0 Å². The number of carbonyl (C=O) groups is 1. The molecule has 0 spiro atoms. The Morgan fingerprint density at radius 2 is 2.00 bits per heavy atom. The Morgan fingerprint density at radius 3 is 2.77 bits per heavy atom. The molecule has 1 aromatic carbocycles. The molecule has 3 nitrogen and oxygen atoms in total. The average Bonchev–Trinajstić information content (AvgIpc) is 2.15. The van der Waals surface area contributed by atoms with Gasteiger partial charge in [0.05, 0.1) is 16.7 Å². The first kappa shape index (κ1) is 8.44. The summed E-state index contributed by atoms with van der Waals surface area (Å²) in [6.07, 6.45) is 1.16. The topological polar surface area (TPSA) is 44.6 Å². The van der Waals surface area contributed by atoms with E-state index in [1.807, 2.05) is 0 Å². The van der Waals surface area contributed by atoms with Crippen molar-refractivity contribution in [3.8, 4) is 0 Å². The van der Waals surface area contributed by atoms with Crippen LogP contribution < -0.4 is 5.06 Å². The first-order valence-electron chi connectivity index (χ1n) is 3.75. The number of carbonyl (C=O) groups excluding carboxylic acids is 1. The molecule has 0 bridgehead atoms. The molecule has 1 aliphatic heterocycles. The molecule has 0 fully saturated rings. The van der Waals surface area contributed by atoms with Crippen LogP contribution in [0, 0.1) is 5.21 Å². The molecule has 13 heavy (non-hydrogen) atoms. The highest BCUT2D eigenvalue weighted by atomic mass is 35.5. The summed E-state index contributed by atoms with van der Waals surface area (Å²) in [5.41, 5.74) is 1.02. The standard InChI is InChI=1S/C9H6ClNO2/c10-7-5-9(12)11(13)8-4-2-1-3-6(7)8/h1-5,11H. The van der Waals surface area contributed by atoms with Gasteiger partial charge in [-0.2, -0.15) is 0 Å². The summed E-state index contributed by atoms with van der Waals surface area (Å²) in [5.74, 6) is -0.552. The van der Waals surface area contributed by atoms with Gasteiger partial charge in [0.2, 0.25) is 0 Å². The van der Waals surface area contributed by atoms with Crippen molar-refractivity contribution in [1.29, 1.82) is 0 Å². The van der Waals surface area contributed by atoms with E-state index in [9.17, 15) is 10.0 Å². The third kappa shape index (κ3) is 1.27. The summed E-state index contributed by atoms with van der Waals surface area (Å²) >= 11 is 5.80. The smallest absolute Gasteiger partial charge is 0.343 e. The number of nitrogens with one attached hydrogen (secondary N) is 1. The molecule has 0 radical (unpaired) electrons. The van der Waals surface area contributed by atoms with Gasteiger partial charge in [-0.15, -0.1) is 0 Å². The molecule has 1 atom stereocenters. The van der Waals surface area contributed by atoms with Crippen LogP contribution in [0.1, 0.15) is 5.56 Å². The number of benzene rings is 1. The van der Waals surface area contributed by atoms with Gasteiger partial charge < -0.3 is 5.21 Å². The van der Waals surface area contributed by atoms with Crippen LogP contribution in [0.2, 0.25) is 0 Å². The molecule has 0 saturated carbocycles. The zero-order valence-electron chi connectivity index (χ0n) is 6.58. The van der Waals surface area contributed by atoms with E-state index < -0.39 is 11.0 Å². The number of rotatable bonds is 0. The number of halogens is 1. The Bertz CT molecular complexity index is 400. The highest BCUT2D eigenvalue weighted by Crippen LogP contribution is 2.26. The number of hydrogen-bond donors (Lipinski definition) is 1. The average molecular weight is 196 g/mol. The van der Waals surface area contributed by atoms with E-state index in [0.717, 1.165) is 6.08 Å². The molecule has 1 aromatic rings. The molecule has 1 N–H and O–H groups in total. The summed E-state index contributed by atoms with van der Waals surface area (Å²) in [5, 5.41) is 11.2. The summed E-state index contributed by atoms with van der Waals surface area (Å²) in [4.78, 5) is 11.1. The number of fused-ring (bicyclic) bond motifs is 1. The second kappa shape index (κ2) is 2.96. The maximum atomic E-state index is 11.3. The van der Waals surface area contributed by atoms with Crippen LogP contribution in [-0.2, 0) is 4.79 Å². The molecule has 0 aliphatic carbocycles. The summed E-state index contributed by atoms with van der Waals surface area (Å²) < 4.78 is 0. The summed E-state index contributed by atoms with van der Waals surface area (Å²) in [6.45, 7) is 0. The molecule has 66 valence electrons. The van der Waals surface area contributed by atoms with Crippen LogP contribution in [0.15, 0.2) is 30.3 Å². The van der Waals surface area contributed by atoms with Gasteiger partial charge in [0.1, 0.15) is 5.69 Å². The van der Waals surface area contributed by atoms with Crippen LogP contribution in [0.5, 0.6) is 0 Å². The highest BCUT2D eigenvalue weighted by molar-refractivity contribution is 6.50. The van der Waals surface area contributed by atoms with E-state index in [1.54, 1.807) is 24.3 Å². The zero-order valence-corrected chi connectivity index (χ0v) is 7.34. The molecule has 1 aliphatic rings. The number of hydroxylamine groups is 1. The van der Waals surface area contributed by atoms with Crippen molar-refractivity contribution in [2.45, 2.75) is 0 Å². The van der Waals surface area contributed by atoms with E-state index in [-0.39, 0.29) is 0 Å². The van der Waals surface area contributed by atoms with Gasteiger partial charge in [0.15, 0.2) is 0 Å². The minimum atomic E-state index is -0.552. The lowest BCUT2D eigenvalue weighted by Crippen LogP contribution is -3.05. The van der Waals surface area contributed by atoms with Crippen LogP contribution in [0.3, 0.4) is 0 Å². The second-order valence-corrected chi connectivity index (χ2v) is 3.14. The van der Waals surface area contributed by atoms with Gasteiger partial charge in [0.25, 0.3) is 0 Å². The number of amides is 1. The summed E-state index contributed by atoms with van der Waals surface area (Å²) in [7, 11) is 0. The van der Waals surface area contributed by atoms with E-state index >= 15 is 0 Å². The predicted molar refractivity (Wildman–Crippen MR) is 49.3 cm³/mol. The summed E-state index contributed by atoms with van der Waals surface area (Å²) in [6, 6.07) is 6.81. The van der Waals surface area contributed by atoms with Gasteiger partial charge >= 0.3 is 5.91 Å². The van der Waals surface area contributed by atoms with Gasteiger partial charge in [-0.3, -0.25) is 5.06 Å². The number of para-hydroxylation sites is 1. The largest absolute Gasteiger partial charge is 0.621 e. The van der Waals surface area contributed by atoms with Crippen LogP contribution >= 0.6 is 11.6 Å². The third-order valence-electron chi connectivity index (χ3n) is 1.91. The van der Waals surface area contributed by atoms with Gasteiger partial charge in [-0.1, -0.05) is 23.7 Å². The van der Waals surface area contributed by atoms with Gasteiger partial charge in [-0.25, -0.2) is 4.79 Å². The zero-order chi connectivity index (χ0) is 9.42. The lowest BCUT2D eigenvalue weighted by molar-refractivity contribution is -0.686. The monoisotopic (exact) mass is 195 g/mol. The Labute approximate surface area is 79.8 Å². The maximum absolute atomic E-state index is 11.3. The van der Waals surface area contributed by atoms with Crippen molar-refractivity contribution in [3.05, 3.63) is 41.1 Å². The lowest BCUT2D eigenvalue weighted by atomic mass is 10.1. The minimum Gasteiger partial charge on any atom is -0.621 e. The molecule has 0 aromatic heterocycles. The molecule has 1 heterocycles. The normalized spacial score (nSPS) is 20.9. The van der Waals surface area contributed by atoms with Gasteiger partial charge in [-0.05, 0) is 6.07 Å². The highest BCUT2D eigenvalue weighted by Gasteiger charge is 2.23.